The average molecular weight is 368 g/mol. The molecule has 0 saturated carbocycles. The van der Waals surface area contributed by atoms with Crippen LogP contribution in [0, 0.1) is 0 Å². The number of hydrogen-bond donors (Lipinski definition) is 1. The summed E-state index contributed by atoms with van der Waals surface area (Å²) in [6.07, 6.45) is 1.73. The Kier molecular flexibility index (Phi) is 5.38. The minimum atomic E-state index is -0.392. The van der Waals surface area contributed by atoms with E-state index in [1.165, 1.54) is 18.7 Å². The molecule has 0 radical (unpaired) electrons. The third-order valence-electron chi connectivity index (χ3n) is 3.37. The summed E-state index contributed by atoms with van der Waals surface area (Å²) >= 11 is 1.25. The summed E-state index contributed by atoms with van der Waals surface area (Å²) in [4.78, 5) is 28.1. The van der Waals surface area contributed by atoms with Gasteiger partial charge >= 0.3 is 5.97 Å². The molecule has 2 aromatic rings. The number of amidine groups is 1. The number of ether oxygens (including phenoxy) is 2. The van der Waals surface area contributed by atoms with Crippen LogP contribution in [-0.2, 0) is 9.59 Å². The number of amides is 1. The molecule has 7 heteroatoms. The van der Waals surface area contributed by atoms with E-state index in [4.69, 9.17) is 9.47 Å². The van der Waals surface area contributed by atoms with E-state index in [9.17, 15) is 9.59 Å². The summed E-state index contributed by atoms with van der Waals surface area (Å²) < 4.78 is 10.2. The highest BCUT2D eigenvalue weighted by atomic mass is 32.2. The summed E-state index contributed by atoms with van der Waals surface area (Å²) in [5, 5.41) is 3.24. The van der Waals surface area contributed by atoms with Crippen molar-refractivity contribution in [3.8, 4) is 11.5 Å². The Labute approximate surface area is 154 Å². The van der Waals surface area contributed by atoms with Gasteiger partial charge in [-0.05, 0) is 59.8 Å². The van der Waals surface area contributed by atoms with Crippen molar-refractivity contribution in [1.29, 1.82) is 0 Å². The zero-order chi connectivity index (χ0) is 18.5. The van der Waals surface area contributed by atoms with Crippen LogP contribution >= 0.6 is 11.8 Å². The Morgan fingerprint density at radius 3 is 2.62 bits per heavy atom. The number of carbonyl (C=O) groups excluding carboxylic acids is 2. The summed E-state index contributed by atoms with van der Waals surface area (Å²) in [6.45, 7) is 1.34. The van der Waals surface area contributed by atoms with Gasteiger partial charge in [0.1, 0.15) is 11.5 Å². The normalized spacial score (nSPS) is 16.6. The van der Waals surface area contributed by atoms with Crippen LogP contribution in [0.4, 0.5) is 5.69 Å². The first-order chi connectivity index (χ1) is 12.5. The van der Waals surface area contributed by atoms with Gasteiger partial charge in [0, 0.05) is 6.92 Å². The average Bonchev–Trinajstić information content (AvgIpc) is 2.94. The van der Waals surface area contributed by atoms with Crippen molar-refractivity contribution in [3.05, 3.63) is 59.0 Å². The molecule has 0 aliphatic carbocycles. The number of nitrogens with one attached hydrogen (secondary N) is 1. The minimum Gasteiger partial charge on any atom is -0.497 e. The third kappa shape index (κ3) is 4.52. The lowest BCUT2D eigenvalue weighted by atomic mass is 10.2. The number of hydrogen-bond acceptors (Lipinski definition) is 6. The van der Waals surface area contributed by atoms with Crippen molar-refractivity contribution < 1.29 is 19.1 Å². The highest BCUT2D eigenvalue weighted by Crippen LogP contribution is 2.29. The minimum absolute atomic E-state index is 0.222. The van der Waals surface area contributed by atoms with E-state index >= 15 is 0 Å². The lowest BCUT2D eigenvalue weighted by Gasteiger charge is -2.02. The number of nitrogens with zero attached hydrogens (tertiary/aromatic N) is 1. The number of carbonyl (C=O) groups is 2. The van der Waals surface area contributed by atoms with Crippen LogP contribution in [0.15, 0.2) is 58.4 Å². The molecule has 1 N–H and O–H groups in total. The van der Waals surface area contributed by atoms with Gasteiger partial charge in [0.2, 0.25) is 0 Å². The van der Waals surface area contributed by atoms with Gasteiger partial charge in [0.25, 0.3) is 5.91 Å². The van der Waals surface area contributed by atoms with E-state index in [-0.39, 0.29) is 5.91 Å². The van der Waals surface area contributed by atoms with Crippen LogP contribution in [0.2, 0.25) is 0 Å². The van der Waals surface area contributed by atoms with Gasteiger partial charge in [-0.15, -0.1) is 0 Å². The summed E-state index contributed by atoms with van der Waals surface area (Å²) in [7, 11) is 1.60. The van der Waals surface area contributed by atoms with Gasteiger partial charge in [-0.2, -0.15) is 0 Å². The summed E-state index contributed by atoms with van der Waals surface area (Å²) in [6, 6.07) is 14.2. The van der Waals surface area contributed by atoms with E-state index in [1.807, 2.05) is 18.2 Å². The SMILES string of the molecule is COc1ccc(N=C2NC(=O)/C(=C/c3cccc(OC(C)=O)c3)S2)cc1. The standard InChI is InChI=1S/C19H16N2O4S/c1-12(22)25-16-5-3-4-13(10-16)11-17-18(23)21-19(26-17)20-14-6-8-15(24-2)9-7-14/h3-11H,1-2H3,(H,20,21,23)/b17-11-. The van der Waals surface area contributed by atoms with E-state index in [1.54, 1.807) is 43.5 Å². The molecule has 0 atom stereocenters. The Bertz CT molecular complexity index is 904. The number of esters is 1. The van der Waals surface area contributed by atoms with Gasteiger partial charge in [-0.1, -0.05) is 12.1 Å². The number of aliphatic imine (C=N–C) groups is 1. The maximum atomic E-state index is 12.2. The molecule has 0 bridgehead atoms. The number of thioether (sulfide) groups is 1. The molecule has 0 spiro atoms. The zero-order valence-corrected chi connectivity index (χ0v) is 15.0. The monoisotopic (exact) mass is 368 g/mol. The molecule has 1 heterocycles. The molecule has 26 heavy (non-hydrogen) atoms. The number of rotatable bonds is 4. The van der Waals surface area contributed by atoms with E-state index < -0.39 is 5.97 Å². The predicted octanol–water partition coefficient (Wildman–Crippen LogP) is 3.51. The highest BCUT2D eigenvalue weighted by Gasteiger charge is 2.23. The van der Waals surface area contributed by atoms with Crippen LogP contribution in [0.25, 0.3) is 6.08 Å². The molecule has 1 fully saturated rings. The van der Waals surface area contributed by atoms with Gasteiger partial charge in [-0.3, -0.25) is 9.59 Å². The summed E-state index contributed by atoms with van der Waals surface area (Å²) in [5.41, 5.74) is 1.47. The first-order valence-electron chi connectivity index (χ1n) is 7.75. The van der Waals surface area contributed by atoms with Gasteiger partial charge in [0.15, 0.2) is 5.17 Å². The zero-order valence-electron chi connectivity index (χ0n) is 14.2. The summed E-state index contributed by atoms with van der Waals surface area (Å²) in [5.74, 6) is 0.560. The second-order valence-corrected chi connectivity index (χ2v) is 6.38. The van der Waals surface area contributed by atoms with E-state index in [0.29, 0.717) is 21.5 Å². The second kappa shape index (κ2) is 7.88. The van der Waals surface area contributed by atoms with Gasteiger partial charge < -0.3 is 14.8 Å². The Balaban J connectivity index is 1.77. The number of benzene rings is 2. The predicted molar refractivity (Wildman–Crippen MR) is 102 cm³/mol. The fourth-order valence-electron chi connectivity index (χ4n) is 2.24. The number of methoxy groups -OCH3 is 1. The molecule has 3 rings (SSSR count). The maximum Gasteiger partial charge on any atom is 0.308 e. The molecule has 1 amide bonds. The molecule has 1 saturated heterocycles. The van der Waals surface area contributed by atoms with E-state index in [0.717, 1.165) is 11.3 Å². The van der Waals surface area contributed by atoms with Crippen molar-refractivity contribution in [2.24, 2.45) is 4.99 Å². The van der Waals surface area contributed by atoms with E-state index in [2.05, 4.69) is 10.3 Å². The first kappa shape index (κ1) is 17.8. The molecule has 1 aliphatic rings. The van der Waals surface area contributed by atoms with Gasteiger partial charge in [-0.25, -0.2) is 4.99 Å². The largest absolute Gasteiger partial charge is 0.497 e. The van der Waals surface area contributed by atoms with Crippen molar-refractivity contribution in [1.82, 2.24) is 5.32 Å². The smallest absolute Gasteiger partial charge is 0.308 e. The Morgan fingerprint density at radius 1 is 1.15 bits per heavy atom. The Morgan fingerprint density at radius 2 is 1.92 bits per heavy atom. The second-order valence-electron chi connectivity index (χ2n) is 5.35. The van der Waals surface area contributed by atoms with Crippen molar-refractivity contribution in [3.63, 3.8) is 0 Å². The topological polar surface area (TPSA) is 77.0 Å². The molecule has 0 unspecified atom stereocenters. The molecule has 132 valence electrons. The molecular weight excluding hydrogens is 352 g/mol. The highest BCUT2D eigenvalue weighted by molar-refractivity contribution is 8.18. The van der Waals surface area contributed by atoms with Crippen LogP contribution < -0.4 is 14.8 Å². The van der Waals surface area contributed by atoms with Crippen LogP contribution in [-0.4, -0.2) is 24.2 Å². The van der Waals surface area contributed by atoms with Gasteiger partial charge in [0.05, 0.1) is 17.7 Å². The maximum absolute atomic E-state index is 12.2. The lowest BCUT2D eigenvalue weighted by molar-refractivity contribution is -0.131. The third-order valence-corrected chi connectivity index (χ3v) is 4.28. The molecular formula is C19H16N2O4S. The van der Waals surface area contributed by atoms with Crippen molar-refractivity contribution in [2.75, 3.05) is 7.11 Å². The Hall–Kier alpha value is -3.06. The molecule has 1 aliphatic heterocycles. The quantitative estimate of drug-likeness (QED) is 0.508. The lowest BCUT2D eigenvalue weighted by Crippen LogP contribution is -2.19. The molecule has 2 aromatic carbocycles. The molecule has 0 aromatic heterocycles. The van der Waals surface area contributed by atoms with Crippen molar-refractivity contribution >= 4 is 40.6 Å². The fraction of sp³-hybridized carbons (Fsp3) is 0.105. The van der Waals surface area contributed by atoms with Crippen molar-refractivity contribution in [2.45, 2.75) is 6.92 Å². The first-order valence-corrected chi connectivity index (χ1v) is 8.57. The fourth-order valence-corrected chi connectivity index (χ4v) is 3.08. The van der Waals surface area contributed by atoms with Crippen LogP contribution in [0.3, 0.4) is 0 Å². The van der Waals surface area contributed by atoms with Crippen LogP contribution in [0.1, 0.15) is 12.5 Å². The van der Waals surface area contributed by atoms with Crippen LogP contribution in [0.5, 0.6) is 11.5 Å². The molecule has 6 nitrogen and oxygen atoms in total.